The number of hydrogen-bond acceptors (Lipinski definition) is 8. The molecule has 1 unspecified atom stereocenters. The zero-order valence-corrected chi connectivity index (χ0v) is 13.8. The van der Waals surface area contributed by atoms with Gasteiger partial charge in [0.2, 0.25) is 5.82 Å². The Balaban J connectivity index is 1.94. The molecule has 0 aliphatic heterocycles. The third-order valence-corrected chi connectivity index (χ3v) is 4.96. The van der Waals surface area contributed by atoms with E-state index in [1.54, 1.807) is 14.1 Å². The van der Waals surface area contributed by atoms with E-state index in [0.717, 1.165) is 11.0 Å². The van der Waals surface area contributed by atoms with E-state index >= 15 is 0 Å². The zero-order valence-electron chi connectivity index (χ0n) is 12.2. The summed E-state index contributed by atoms with van der Waals surface area (Å²) in [6, 6.07) is 0. The number of imidazole rings is 1. The van der Waals surface area contributed by atoms with Crippen molar-refractivity contribution in [1.82, 2.24) is 19.9 Å². The van der Waals surface area contributed by atoms with Crippen LogP contribution in [0.2, 0.25) is 0 Å². The molecular weight excluding hydrogens is 340 g/mol. The molecule has 0 bridgehead atoms. The summed E-state index contributed by atoms with van der Waals surface area (Å²) >= 11 is -0.0817. The monoisotopic (exact) mass is 352 g/mol. The fourth-order valence-electron chi connectivity index (χ4n) is 2.05. The highest BCUT2D eigenvalue weighted by molar-refractivity contribution is 7.90. The van der Waals surface area contributed by atoms with Crippen LogP contribution in [0.3, 0.4) is 0 Å². The van der Waals surface area contributed by atoms with E-state index in [-0.39, 0.29) is 28.1 Å². The second-order valence-corrected chi connectivity index (χ2v) is 6.96. The van der Waals surface area contributed by atoms with E-state index in [1.165, 1.54) is 22.6 Å². The fourth-order valence-corrected chi connectivity index (χ4v) is 3.76. The Morgan fingerprint density at radius 2 is 2.17 bits per heavy atom. The quantitative estimate of drug-likeness (QED) is 0.421. The number of H-pyrrole nitrogens is 1. The van der Waals surface area contributed by atoms with Gasteiger partial charge in [-0.15, -0.1) is 11.3 Å². The van der Waals surface area contributed by atoms with E-state index in [1.807, 2.05) is 10.8 Å². The van der Waals surface area contributed by atoms with Gasteiger partial charge >= 0.3 is 10.8 Å². The largest absolute Gasteiger partial charge is 0.609 e. The van der Waals surface area contributed by atoms with Gasteiger partial charge in [-0.25, -0.2) is 9.97 Å². The third kappa shape index (κ3) is 2.98. The summed E-state index contributed by atoms with van der Waals surface area (Å²) in [7, 11) is 3.30. The molecule has 0 spiro atoms. The van der Waals surface area contributed by atoms with Crippen LogP contribution in [-0.4, -0.2) is 43.5 Å². The van der Waals surface area contributed by atoms with Crippen molar-refractivity contribution in [3.8, 4) is 0 Å². The van der Waals surface area contributed by atoms with E-state index in [9.17, 15) is 14.7 Å². The van der Waals surface area contributed by atoms with Crippen molar-refractivity contribution in [3.05, 3.63) is 32.9 Å². The maximum atomic E-state index is 12.5. The van der Waals surface area contributed by atoms with Gasteiger partial charge in [0, 0.05) is 36.0 Å². The highest BCUT2D eigenvalue weighted by Gasteiger charge is 2.29. The lowest BCUT2D eigenvalue weighted by Gasteiger charge is -2.13. The van der Waals surface area contributed by atoms with Gasteiger partial charge < -0.3 is 9.45 Å². The minimum atomic E-state index is -1.57. The topological polar surface area (TPSA) is 124 Å². The summed E-state index contributed by atoms with van der Waals surface area (Å²) in [5.74, 6) is 0.0659. The van der Waals surface area contributed by atoms with Crippen LogP contribution in [0, 0.1) is 10.1 Å². The highest BCUT2D eigenvalue weighted by Crippen LogP contribution is 2.29. The number of aromatic amines is 1. The molecule has 3 rings (SSSR count). The van der Waals surface area contributed by atoms with Crippen LogP contribution < -0.4 is 4.90 Å². The molecule has 9 nitrogen and oxygen atoms in total. The predicted molar refractivity (Wildman–Crippen MR) is 87.1 cm³/mol. The van der Waals surface area contributed by atoms with Crippen LogP contribution in [0.5, 0.6) is 0 Å². The lowest BCUT2D eigenvalue weighted by molar-refractivity contribution is -0.385. The molecule has 0 aliphatic rings. The molecule has 0 saturated heterocycles. The SMILES string of the molecule is CN(C)c1ncnc(C[S+]([O-])c2nc3cscc3[nH]2)c1[N+](=O)[O-]. The lowest BCUT2D eigenvalue weighted by Crippen LogP contribution is -2.17. The molecule has 23 heavy (non-hydrogen) atoms. The summed E-state index contributed by atoms with van der Waals surface area (Å²) < 4.78 is 12.5. The van der Waals surface area contributed by atoms with Gasteiger partial charge in [-0.2, -0.15) is 4.98 Å². The summed E-state index contributed by atoms with van der Waals surface area (Å²) in [4.78, 5) is 27.4. The third-order valence-electron chi connectivity index (χ3n) is 3.07. The summed E-state index contributed by atoms with van der Waals surface area (Å²) in [5.41, 5.74) is 1.40. The Morgan fingerprint density at radius 1 is 1.39 bits per heavy atom. The molecule has 3 aromatic heterocycles. The second-order valence-electron chi connectivity index (χ2n) is 4.85. The van der Waals surface area contributed by atoms with Crippen LogP contribution in [0.4, 0.5) is 11.5 Å². The number of hydrogen-bond donors (Lipinski definition) is 1. The molecule has 0 fully saturated rings. The molecule has 1 N–H and O–H groups in total. The summed E-state index contributed by atoms with van der Waals surface area (Å²) in [6.45, 7) is 0. The molecule has 3 aromatic rings. The van der Waals surface area contributed by atoms with Crippen molar-refractivity contribution in [2.24, 2.45) is 0 Å². The molecule has 0 aromatic carbocycles. The zero-order chi connectivity index (χ0) is 16.6. The van der Waals surface area contributed by atoms with E-state index in [4.69, 9.17) is 0 Å². The molecule has 3 heterocycles. The predicted octanol–water partition coefficient (Wildman–Crippen LogP) is 1.70. The van der Waals surface area contributed by atoms with Gasteiger partial charge in [-0.1, -0.05) is 0 Å². The average molecular weight is 352 g/mol. The number of rotatable bonds is 5. The van der Waals surface area contributed by atoms with Crippen LogP contribution in [0.1, 0.15) is 5.69 Å². The number of aromatic nitrogens is 4. The van der Waals surface area contributed by atoms with E-state index < -0.39 is 16.1 Å². The van der Waals surface area contributed by atoms with Gasteiger partial charge in [-0.3, -0.25) is 15.1 Å². The van der Waals surface area contributed by atoms with Gasteiger partial charge in [0.25, 0.3) is 0 Å². The highest BCUT2D eigenvalue weighted by atomic mass is 32.2. The maximum absolute atomic E-state index is 12.5. The van der Waals surface area contributed by atoms with Crippen LogP contribution in [0.15, 0.2) is 22.2 Å². The number of fused-ring (bicyclic) bond motifs is 1. The maximum Gasteiger partial charge on any atom is 0.337 e. The number of nitrogens with one attached hydrogen (secondary N) is 1. The number of thiophene rings is 1. The molecule has 0 saturated carbocycles. The molecule has 0 aliphatic carbocycles. The minimum Gasteiger partial charge on any atom is -0.609 e. The standard InChI is InChI=1S/C12H12N6O3S2/c1-17(2)11-10(18(19)20)9(13-6-14-11)5-23(21)12-15-7-3-22-4-8(7)16-12/h3-4,6H,5H2,1-2H3,(H,15,16). The van der Waals surface area contributed by atoms with Crippen molar-refractivity contribution in [1.29, 1.82) is 0 Å². The Morgan fingerprint density at radius 3 is 2.83 bits per heavy atom. The Bertz CT molecular complexity index is 833. The molecule has 0 amide bonds. The Kier molecular flexibility index (Phi) is 4.15. The van der Waals surface area contributed by atoms with E-state index in [2.05, 4.69) is 19.9 Å². The lowest BCUT2D eigenvalue weighted by atomic mass is 10.3. The summed E-state index contributed by atoms with van der Waals surface area (Å²) in [6.07, 6.45) is 1.23. The van der Waals surface area contributed by atoms with Gasteiger partial charge in [-0.05, 0) is 0 Å². The molecule has 11 heteroatoms. The molecule has 120 valence electrons. The van der Waals surface area contributed by atoms with Gasteiger partial charge in [0.1, 0.15) is 11.8 Å². The van der Waals surface area contributed by atoms with Gasteiger partial charge in [0.05, 0.1) is 10.4 Å². The smallest absolute Gasteiger partial charge is 0.337 e. The first-order valence-electron chi connectivity index (χ1n) is 6.43. The van der Waals surface area contributed by atoms with E-state index in [0.29, 0.717) is 0 Å². The number of nitro groups is 1. The van der Waals surface area contributed by atoms with Crippen LogP contribution >= 0.6 is 11.3 Å². The van der Waals surface area contributed by atoms with Crippen molar-refractivity contribution in [2.45, 2.75) is 10.9 Å². The van der Waals surface area contributed by atoms with Gasteiger partial charge in [0.15, 0.2) is 11.4 Å². The second kappa shape index (κ2) is 6.10. The normalized spacial score (nSPS) is 12.5. The fraction of sp³-hybridized carbons (Fsp3) is 0.250. The van der Waals surface area contributed by atoms with Crippen molar-refractivity contribution in [2.75, 3.05) is 19.0 Å². The molecule has 1 atom stereocenters. The Hall–Kier alpha value is -2.24. The molecule has 0 radical (unpaired) electrons. The van der Waals surface area contributed by atoms with Crippen LogP contribution in [-0.2, 0) is 16.9 Å². The van der Waals surface area contributed by atoms with Crippen molar-refractivity contribution >= 4 is 45.1 Å². The number of anilines is 1. The first kappa shape index (κ1) is 15.6. The Labute approximate surface area is 137 Å². The van der Waals surface area contributed by atoms with Crippen LogP contribution in [0.25, 0.3) is 11.0 Å². The molecular formula is C12H12N6O3S2. The number of nitrogens with zero attached hydrogens (tertiary/aromatic N) is 5. The van der Waals surface area contributed by atoms with Crippen molar-refractivity contribution in [3.63, 3.8) is 0 Å². The minimum absolute atomic E-state index is 0.112. The average Bonchev–Trinajstić information content (AvgIpc) is 3.07. The first-order chi connectivity index (χ1) is 11.0. The van der Waals surface area contributed by atoms with Crippen molar-refractivity contribution < 1.29 is 9.48 Å². The first-order valence-corrected chi connectivity index (χ1v) is 8.69. The summed E-state index contributed by atoms with van der Waals surface area (Å²) in [5, 5.41) is 15.3.